The molecule has 0 unspecified atom stereocenters. The van der Waals surface area contributed by atoms with Gasteiger partial charge in [0.25, 0.3) is 5.56 Å². The van der Waals surface area contributed by atoms with Gasteiger partial charge in [-0.1, -0.05) is 36.4 Å². The minimum absolute atomic E-state index is 0.139. The average molecular weight is 275 g/mol. The summed E-state index contributed by atoms with van der Waals surface area (Å²) >= 11 is 0. The van der Waals surface area contributed by atoms with Crippen molar-refractivity contribution in [3.8, 4) is 11.1 Å². The van der Waals surface area contributed by atoms with E-state index in [9.17, 15) is 4.79 Å². The van der Waals surface area contributed by atoms with E-state index in [1.165, 1.54) is 0 Å². The van der Waals surface area contributed by atoms with Gasteiger partial charge < -0.3 is 4.98 Å². The third-order valence-corrected chi connectivity index (χ3v) is 3.04. The molecule has 0 saturated carbocycles. The normalized spacial score (nSPS) is 10.9. The smallest absolute Gasteiger partial charge is 0.255 e. The molecular formula is C17H13N3O. The Kier molecular flexibility index (Phi) is 3.69. The molecule has 4 nitrogen and oxygen atoms in total. The lowest BCUT2D eigenvalue weighted by Gasteiger charge is -2.03. The van der Waals surface area contributed by atoms with Crippen molar-refractivity contribution in [3.05, 3.63) is 83.3 Å². The standard InChI is InChI=1S/C17H13N3O/c21-17-15(10-6-12-18-17)14-9-4-5-11-16(14)20-19-13-7-2-1-3-8-13/h1-12H,(H,18,21). The van der Waals surface area contributed by atoms with Crippen molar-refractivity contribution in [2.45, 2.75) is 0 Å². The monoisotopic (exact) mass is 275 g/mol. The zero-order chi connectivity index (χ0) is 14.5. The number of azo groups is 1. The summed E-state index contributed by atoms with van der Waals surface area (Å²) in [5, 5.41) is 8.47. The molecule has 1 heterocycles. The number of aromatic amines is 1. The number of aromatic nitrogens is 1. The predicted molar refractivity (Wildman–Crippen MR) is 83.1 cm³/mol. The molecule has 0 saturated heterocycles. The molecule has 1 N–H and O–H groups in total. The van der Waals surface area contributed by atoms with Gasteiger partial charge in [0.2, 0.25) is 0 Å². The van der Waals surface area contributed by atoms with Gasteiger partial charge in [-0.2, -0.15) is 5.11 Å². The van der Waals surface area contributed by atoms with Crippen LogP contribution in [0.4, 0.5) is 11.4 Å². The maximum Gasteiger partial charge on any atom is 0.255 e. The molecule has 0 aliphatic rings. The Morgan fingerprint density at radius 2 is 1.43 bits per heavy atom. The summed E-state index contributed by atoms with van der Waals surface area (Å²) in [6.07, 6.45) is 1.61. The van der Waals surface area contributed by atoms with Gasteiger partial charge in [0.15, 0.2) is 0 Å². The SMILES string of the molecule is O=c1[nH]cccc1-c1ccccc1N=Nc1ccccc1. The first kappa shape index (κ1) is 13.0. The summed E-state index contributed by atoms with van der Waals surface area (Å²) in [6, 6.07) is 20.5. The van der Waals surface area contributed by atoms with E-state index < -0.39 is 0 Å². The molecule has 0 amide bonds. The lowest BCUT2D eigenvalue weighted by Crippen LogP contribution is -2.06. The van der Waals surface area contributed by atoms with Crippen LogP contribution >= 0.6 is 0 Å². The van der Waals surface area contributed by atoms with E-state index in [2.05, 4.69) is 15.2 Å². The molecule has 0 fully saturated rings. The van der Waals surface area contributed by atoms with Crippen LogP contribution in [0.25, 0.3) is 11.1 Å². The van der Waals surface area contributed by atoms with Crippen molar-refractivity contribution < 1.29 is 0 Å². The van der Waals surface area contributed by atoms with E-state index in [0.717, 1.165) is 11.3 Å². The average Bonchev–Trinajstić information content (AvgIpc) is 2.55. The van der Waals surface area contributed by atoms with Crippen LogP contribution in [-0.4, -0.2) is 4.98 Å². The maximum absolute atomic E-state index is 11.9. The molecule has 21 heavy (non-hydrogen) atoms. The van der Waals surface area contributed by atoms with Crippen molar-refractivity contribution in [2.75, 3.05) is 0 Å². The van der Waals surface area contributed by atoms with Crippen LogP contribution in [0.2, 0.25) is 0 Å². The van der Waals surface area contributed by atoms with Gasteiger partial charge >= 0.3 is 0 Å². The van der Waals surface area contributed by atoms with Crippen molar-refractivity contribution in [3.63, 3.8) is 0 Å². The van der Waals surface area contributed by atoms with Crippen LogP contribution in [0.5, 0.6) is 0 Å². The van der Waals surface area contributed by atoms with E-state index in [1.54, 1.807) is 18.3 Å². The second-order valence-electron chi connectivity index (χ2n) is 4.47. The highest BCUT2D eigenvalue weighted by Gasteiger charge is 2.07. The molecule has 3 rings (SSSR count). The number of hydrogen-bond acceptors (Lipinski definition) is 3. The van der Waals surface area contributed by atoms with Gasteiger partial charge in [-0.15, -0.1) is 5.11 Å². The fourth-order valence-electron chi connectivity index (χ4n) is 2.03. The molecule has 4 heteroatoms. The first-order valence-electron chi connectivity index (χ1n) is 6.58. The van der Waals surface area contributed by atoms with Crippen LogP contribution in [-0.2, 0) is 0 Å². The van der Waals surface area contributed by atoms with Crippen molar-refractivity contribution in [2.24, 2.45) is 10.2 Å². The molecule has 1 aromatic heterocycles. The topological polar surface area (TPSA) is 57.6 Å². The number of benzene rings is 2. The quantitative estimate of drug-likeness (QED) is 0.705. The largest absolute Gasteiger partial charge is 0.329 e. The second-order valence-corrected chi connectivity index (χ2v) is 4.47. The number of rotatable bonds is 3. The number of nitrogens with zero attached hydrogens (tertiary/aromatic N) is 2. The zero-order valence-corrected chi connectivity index (χ0v) is 11.2. The Morgan fingerprint density at radius 3 is 2.24 bits per heavy atom. The Morgan fingerprint density at radius 1 is 0.714 bits per heavy atom. The molecule has 0 aliphatic heterocycles. The number of hydrogen-bond donors (Lipinski definition) is 1. The van der Waals surface area contributed by atoms with E-state index in [0.29, 0.717) is 11.3 Å². The Bertz CT molecular complexity index is 822. The van der Waals surface area contributed by atoms with Crippen LogP contribution in [0.15, 0.2) is 87.9 Å². The number of nitrogens with one attached hydrogen (secondary N) is 1. The molecule has 2 aromatic carbocycles. The Hall–Kier alpha value is -3.01. The summed E-state index contributed by atoms with van der Waals surface area (Å²) in [4.78, 5) is 14.6. The van der Waals surface area contributed by atoms with Crippen LogP contribution in [0.3, 0.4) is 0 Å². The summed E-state index contributed by atoms with van der Waals surface area (Å²) in [5.74, 6) is 0. The molecular weight excluding hydrogens is 262 g/mol. The van der Waals surface area contributed by atoms with Crippen LogP contribution in [0, 0.1) is 0 Å². The lowest BCUT2D eigenvalue weighted by atomic mass is 10.1. The van der Waals surface area contributed by atoms with E-state index >= 15 is 0 Å². The van der Waals surface area contributed by atoms with Gasteiger partial charge in [-0.05, 0) is 30.3 Å². The van der Waals surface area contributed by atoms with Crippen LogP contribution < -0.4 is 5.56 Å². The van der Waals surface area contributed by atoms with Crippen molar-refractivity contribution in [1.82, 2.24) is 4.98 Å². The van der Waals surface area contributed by atoms with Gasteiger partial charge in [-0.3, -0.25) is 4.79 Å². The van der Waals surface area contributed by atoms with E-state index in [-0.39, 0.29) is 5.56 Å². The Balaban J connectivity index is 2.03. The highest BCUT2D eigenvalue weighted by atomic mass is 16.1. The minimum atomic E-state index is -0.139. The number of pyridine rings is 1. The van der Waals surface area contributed by atoms with Gasteiger partial charge in [0.1, 0.15) is 0 Å². The van der Waals surface area contributed by atoms with Crippen molar-refractivity contribution >= 4 is 11.4 Å². The number of H-pyrrole nitrogens is 1. The third-order valence-electron chi connectivity index (χ3n) is 3.04. The third kappa shape index (κ3) is 2.95. The molecule has 0 radical (unpaired) electrons. The fourth-order valence-corrected chi connectivity index (χ4v) is 2.03. The summed E-state index contributed by atoms with van der Waals surface area (Å²) in [7, 11) is 0. The summed E-state index contributed by atoms with van der Waals surface area (Å²) < 4.78 is 0. The first-order valence-corrected chi connectivity index (χ1v) is 6.58. The first-order chi connectivity index (χ1) is 10.3. The highest BCUT2D eigenvalue weighted by molar-refractivity contribution is 5.74. The lowest BCUT2D eigenvalue weighted by molar-refractivity contribution is 1.21. The predicted octanol–water partition coefficient (Wildman–Crippen LogP) is 4.46. The second kappa shape index (κ2) is 5.96. The maximum atomic E-state index is 11.9. The zero-order valence-electron chi connectivity index (χ0n) is 11.2. The van der Waals surface area contributed by atoms with Crippen molar-refractivity contribution in [1.29, 1.82) is 0 Å². The van der Waals surface area contributed by atoms with Gasteiger partial charge in [-0.25, -0.2) is 0 Å². The Labute approximate surface area is 121 Å². The van der Waals surface area contributed by atoms with Crippen LogP contribution in [0.1, 0.15) is 0 Å². The molecule has 102 valence electrons. The summed E-state index contributed by atoms with van der Waals surface area (Å²) in [6.45, 7) is 0. The molecule has 0 aliphatic carbocycles. The van der Waals surface area contributed by atoms with E-state index in [4.69, 9.17) is 0 Å². The molecule has 0 spiro atoms. The molecule has 3 aromatic rings. The fraction of sp³-hybridized carbons (Fsp3) is 0. The van der Waals surface area contributed by atoms with Gasteiger partial charge in [0.05, 0.1) is 11.4 Å². The minimum Gasteiger partial charge on any atom is -0.329 e. The van der Waals surface area contributed by atoms with Gasteiger partial charge in [0, 0.05) is 17.3 Å². The highest BCUT2D eigenvalue weighted by Crippen LogP contribution is 2.29. The summed E-state index contributed by atoms with van der Waals surface area (Å²) in [5.41, 5.74) is 2.64. The molecule has 0 bridgehead atoms. The van der Waals surface area contributed by atoms with E-state index in [1.807, 2.05) is 54.6 Å². The molecule has 0 atom stereocenters.